The van der Waals surface area contributed by atoms with E-state index in [1.807, 2.05) is 0 Å². The number of ketones is 1. The maximum atomic E-state index is 11.0. The van der Waals surface area contributed by atoms with Crippen LogP contribution >= 0.6 is 0 Å². The van der Waals surface area contributed by atoms with Crippen LogP contribution in [0, 0.1) is 0 Å². The van der Waals surface area contributed by atoms with Crippen LogP contribution in [0.3, 0.4) is 0 Å². The van der Waals surface area contributed by atoms with Crippen LogP contribution in [0.4, 0.5) is 0 Å². The molecule has 19 nitrogen and oxygen atoms in total. The van der Waals surface area contributed by atoms with Crippen molar-refractivity contribution in [1.29, 1.82) is 0 Å². The van der Waals surface area contributed by atoms with Gasteiger partial charge in [-0.15, -0.1) is 0 Å². The van der Waals surface area contributed by atoms with E-state index in [1.165, 1.54) is 23.0 Å². The number of aliphatic hydroxyl groups is 10. The largest absolute Gasteiger partial charge is 0.399 e. The number of ether oxygens (including phenoxy) is 4. The highest BCUT2D eigenvalue weighted by Crippen LogP contribution is 2.11. The molecule has 14 N–H and O–H groups in total. The van der Waals surface area contributed by atoms with Crippen LogP contribution in [0.1, 0.15) is 6.92 Å². The average molecular weight is 663 g/mol. The molecule has 268 valence electrons. The molecule has 0 radical (unpaired) electrons. The molecule has 0 spiro atoms. The third-order valence-electron chi connectivity index (χ3n) is 6.21. The van der Waals surface area contributed by atoms with Gasteiger partial charge in [-0.05, 0) is 6.92 Å². The third-order valence-corrected chi connectivity index (χ3v) is 6.21. The molecule has 0 aliphatic rings. The van der Waals surface area contributed by atoms with Crippen molar-refractivity contribution in [3.05, 3.63) is 11.9 Å². The van der Waals surface area contributed by atoms with E-state index in [-0.39, 0.29) is 71.7 Å². The number of aliphatic hydroxyl groups excluding tert-OH is 10. The summed E-state index contributed by atoms with van der Waals surface area (Å²) in [6, 6.07) is 0. The van der Waals surface area contributed by atoms with Crippen molar-refractivity contribution < 1.29 is 74.8 Å². The molecule has 0 amide bonds. The second-order valence-electron chi connectivity index (χ2n) is 10.3. The molecule has 0 aromatic carbocycles. The van der Waals surface area contributed by atoms with Crippen LogP contribution in [0.25, 0.3) is 0 Å². The Balaban J connectivity index is 4.45. The summed E-state index contributed by atoms with van der Waals surface area (Å²) in [5.41, 5.74) is 6.10. The van der Waals surface area contributed by atoms with Gasteiger partial charge in [-0.25, -0.2) is 5.84 Å². The smallest absolute Gasteiger partial charge is 0.150 e. The van der Waals surface area contributed by atoms with Crippen LogP contribution in [-0.4, -0.2) is 208 Å². The van der Waals surface area contributed by atoms with E-state index in [0.717, 1.165) is 0 Å². The van der Waals surface area contributed by atoms with Gasteiger partial charge in [-0.2, -0.15) is 0 Å². The summed E-state index contributed by atoms with van der Waals surface area (Å²) in [7, 11) is 0. The first kappa shape index (κ1) is 43.4. The highest BCUT2D eigenvalue weighted by molar-refractivity contribution is 5.77. The van der Waals surface area contributed by atoms with Gasteiger partial charge in [-0.1, -0.05) is 0 Å². The van der Waals surface area contributed by atoms with Crippen molar-refractivity contribution in [1.82, 2.24) is 9.91 Å². The van der Waals surface area contributed by atoms with Gasteiger partial charge >= 0.3 is 0 Å². The Morgan fingerprint density at radius 2 is 1.04 bits per heavy atom. The molecule has 19 heteroatoms. The van der Waals surface area contributed by atoms with E-state index in [0.29, 0.717) is 5.70 Å². The van der Waals surface area contributed by atoms with E-state index in [4.69, 9.17) is 40.7 Å². The summed E-state index contributed by atoms with van der Waals surface area (Å²) in [5.74, 6) is 5.49. The Kier molecular flexibility index (Phi) is 24.5. The number of hydrogen-bond acceptors (Lipinski definition) is 19. The van der Waals surface area contributed by atoms with Gasteiger partial charge in [0, 0.05) is 25.8 Å². The SMILES string of the molecule is CC(=O)CN(N)/C=C(\N)COCCOCCOCCOCCN(C[C@H](O)[C@@H](O)[C@H](O)[C@H](O)CO)C[C@H](O)[C@@H](O)[C@H](O)[C@H](O)CO. The fraction of sp³-hybridized carbons (Fsp3) is 0.885. The minimum absolute atomic E-state index is 0.0215. The fourth-order valence-electron chi connectivity index (χ4n) is 3.73. The molecular weight excluding hydrogens is 608 g/mol. The van der Waals surface area contributed by atoms with E-state index < -0.39 is 75.1 Å². The van der Waals surface area contributed by atoms with Gasteiger partial charge in [0.2, 0.25) is 0 Å². The van der Waals surface area contributed by atoms with Crippen molar-refractivity contribution in [2.24, 2.45) is 11.6 Å². The molecule has 0 aliphatic heterocycles. The van der Waals surface area contributed by atoms with E-state index in [1.54, 1.807) is 0 Å². The lowest BCUT2D eigenvalue weighted by Gasteiger charge is -2.33. The first-order chi connectivity index (χ1) is 21.2. The van der Waals surface area contributed by atoms with Crippen molar-refractivity contribution in [3.63, 3.8) is 0 Å². The molecule has 0 bridgehead atoms. The molecule has 0 saturated carbocycles. The van der Waals surface area contributed by atoms with E-state index in [2.05, 4.69) is 0 Å². The van der Waals surface area contributed by atoms with Crippen molar-refractivity contribution >= 4 is 5.78 Å². The minimum atomic E-state index is -1.88. The Bertz CT molecular complexity index is 757. The first-order valence-corrected chi connectivity index (χ1v) is 14.4. The van der Waals surface area contributed by atoms with Crippen molar-refractivity contribution in [3.8, 4) is 0 Å². The quantitative estimate of drug-likeness (QED) is 0.0201. The van der Waals surface area contributed by atoms with Gasteiger partial charge in [0.1, 0.15) is 36.6 Å². The number of nitrogens with two attached hydrogens (primary N) is 2. The number of nitrogens with zero attached hydrogens (tertiary/aromatic N) is 2. The molecular formula is C26H54N4O15. The topological polar surface area (TPSA) is 315 Å². The van der Waals surface area contributed by atoms with Crippen LogP contribution in [0.15, 0.2) is 11.9 Å². The molecule has 45 heavy (non-hydrogen) atoms. The van der Waals surface area contributed by atoms with Gasteiger partial charge in [-0.3, -0.25) is 9.69 Å². The lowest BCUT2D eigenvalue weighted by Crippen LogP contribution is -2.53. The normalized spacial score (nSPS) is 17.8. The lowest BCUT2D eigenvalue weighted by molar-refractivity contribution is -0.131. The fourth-order valence-corrected chi connectivity index (χ4v) is 3.73. The Hall–Kier alpha value is -1.63. The van der Waals surface area contributed by atoms with E-state index >= 15 is 0 Å². The number of rotatable bonds is 29. The van der Waals surface area contributed by atoms with Crippen LogP contribution < -0.4 is 11.6 Å². The van der Waals surface area contributed by atoms with Crippen LogP contribution in [-0.2, 0) is 23.7 Å². The summed E-state index contributed by atoms with van der Waals surface area (Å²) in [4.78, 5) is 12.3. The highest BCUT2D eigenvalue weighted by atomic mass is 16.6. The Morgan fingerprint density at radius 3 is 1.44 bits per heavy atom. The molecule has 0 aliphatic carbocycles. The molecule has 0 heterocycles. The second kappa shape index (κ2) is 25.5. The molecule has 0 fully saturated rings. The maximum Gasteiger partial charge on any atom is 0.150 e. The molecule has 0 aromatic rings. The van der Waals surface area contributed by atoms with Crippen molar-refractivity contribution in [2.45, 2.75) is 55.8 Å². The maximum absolute atomic E-state index is 11.0. The highest BCUT2D eigenvalue weighted by Gasteiger charge is 2.34. The van der Waals surface area contributed by atoms with E-state index in [9.17, 15) is 45.6 Å². The number of hydrogen-bond donors (Lipinski definition) is 12. The summed E-state index contributed by atoms with van der Waals surface area (Å²) < 4.78 is 21.6. The molecule has 0 unspecified atom stereocenters. The Morgan fingerprint density at radius 1 is 0.667 bits per heavy atom. The van der Waals surface area contributed by atoms with Crippen molar-refractivity contribution in [2.75, 3.05) is 92.2 Å². The predicted molar refractivity (Wildman–Crippen MR) is 156 cm³/mol. The second-order valence-corrected chi connectivity index (χ2v) is 10.3. The Labute approximate surface area is 262 Å². The zero-order chi connectivity index (χ0) is 34.4. The number of hydrazine groups is 1. The number of carbonyl (C=O) groups is 1. The lowest BCUT2D eigenvalue weighted by atomic mass is 10.0. The first-order valence-electron chi connectivity index (χ1n) is 14.4. The number of carbonyl (C=O) groups excluding carboxylic acids is 1. The summed E-state index contributed by atoms with van der Waals surface area (Å²) in [5, 5.41) is 98.8. The van der Waals surface area contributed by atoms with Crippen LogP contribution in [0.2, 0.25) is 0 Å². The summed E-state index contributed by atoms with van der Waals surface area (Å²) >= 11 is 0. The van der Waals surface area contributed by atoms with Gasteiger partial charge in [0.05, 0.1) is 90.5 Å². The zero-order valence-corrected chi connectivity index (χ0v) is 25.7. The monoisotopic (exact) mass is 662 g/mol. The molecule has 0 aromatic heterocycles. The van der Waals surface area contributed by atoms with Crippen LogP contribution in [0.5, 0.6) is 0 Å². The van der Waals surface area contributed by atoms with Gasteiger partial charge in [0.25, 0.3) is 0 Å². The van der Waals surface area contributed by atoms with Gasteiger partial charge < -0.3 is 80.8 Å². The minimum Gasteiger partial charge on any atom is -0.399 e. The molecule has 8 atom stereocenters. The summed E-state index contributed by atoms with van der Waals surface area (Å²) in [6.07, 6.45) is -12.9. The molecule has 0 saturated heterocycles. The average Bonchev–Trinajstić information content (AvgIpc) is 2.99. The predicted octanol–water partition coefficient (Wildman–Crippen LogP) is -7.21. The molecule has 0 rings (SSSR count). The zero-order valence-electron chi connectivity index (χ0n) is 25.7. The number of Topliss-reactive ketones (excluding diaryl/α,β-unsaturated/α-hetero) is 1. The standard InChI is InChI=1S/C26H54N4O15/c1-17(33)10-30(28)11-18(27)16-45-9-8-44-7-6-43-5-4-42-3-2-29(12-19(34)23(38)25(40)21(36)14-31)13-20(35)24(39)26(41)22(37)15-32/h11,19-26,31-32,34-41H,2-10,12-16,27-28H2,1H3/b18-11-/t19-,20-,21+,22+,23+,24+,25+,26+/m0/s1. The summed E-state index contributed by atoms with van der Waals surface area (Å²) in [6.45, 7) is 0.549. The van der Waals surface area contributed by atoms with Gasteiger partial charge in [0.15, 0.2) is 5.78 Å². The third kappa shape index (κ3) is 20.3.